The number of hydrogen-bond donors (Lipinski definition) is 2. The topological polar surface area (TPSA) is 71.0 Å². The molecule has 2 aromatic carbocycles. The van der Waals surface area contributed by atoms with Crippen LogP contribution >= 0.6 is 0 Å². The van der Waals surface area contributed by atoms with Crippen molar-refractivity contribution in [2.24, 2.45) is 0 Å². The van der Waals surface area contributed by atoms with Gasteiger partial charge in [0.25, 0.3) is 0 Å². The van der Waals surface area contributed by atoms with Gasteiger partial charge < -0.3 is 24.8 Å². The number of ether oxygens (including phenoxy) is 2. The zero-order chi connectivity index (χ0) is 19.2. The number of carbonyl (C=O) groups is 1. The van der Waals surface area contributed by atoms with E-state index in [9.17, 15) is 4.79 Å². The molecule has 1 saturated heterocycles. The fourth-order valence-corrected chi connectivity index (χ4v) is 3.04. The number of aliphatic hydroxyl groups is 1. The highest BCUT2D eigenvalue weighted by molar-refractivity contribution is 5.77. The smallest absolute Gasteiger partial charge is 0.246 e. The molecule has 1 aliphatic rings. The Morgan fingerprint density at radius 1 is 1.15 bits per heavy atom. The number of nitrogens with zero attached hydrogens (tertiary/aromatic N) is 1. The lowest BCUT2D eigenvalue weighted by Crippen LogP contribution is -2.54. The summed E-state index contributed by atoms with van der Waals surface area (Å²) in [6.07, 6.45) is 0.161. The average Bonchev–Trinajstić information content (AvgIpc) is 2.66. The second-order valence-corrected chi connectivity index (χ2v) is 6.59. The number of benzene rings is 2. The van der Waals surface area contributed by atoms with Crippen LogP contribution in [0.2, 0.25) is 0 Å². The number of hydrogen-bond acceptors (Lipinski definition) is 5. The molecule has 0 saturated carbocycles. The summed E-state index contributed by atoms with van der Waals surface area (Å²) >= 11 is 0. The first-order valence-corrected chi connectivity index (χ1v) is 9.23. The molecule has 0 aliphatic carbocycles. The second kappa shape index (κ2) is 8.77. The molecule has 1 atom stereocenters. The molecule has 1 aliphatic heterocycles. The van der Waals surface area contributed by atoms with Crippen molar-refractivity contribution in [2.75, 3.05) is 31.2 Å². The van der Waals surface area contributed by atoms with E-state index in [0.29, 0.717) is 6.61 Å². The third-order valence-corrected chi connectivity index (χ3v) is 4.56. The summed E-state index contributed by atoms with van der Waals surface area (Å²) in [7, 11) is 0. The molecule has 0 spiro atoms. The average molecular weight is 370 g/mol. The van der Waals surface area contributed by atoms with Crippen molar-refractivity contribution in [1.82, 2.24) is 5.32 Å². The van der Waals surface area contributed by atoms with Gasteiger partial charge >= 0.3 is 0 Å². The Morgan fingerprint density at radius 2 is 1.78 bits per heavy atom. The van der Waals surface area contributed by atoms with Crippen molar-refractivity contribution in [3.05, 3.63) is 54.1 Å². The molecule has 2 aromatic rings. The third kappa shape index (κ3) is 4.92. The zero-order valence-electron chi connectivity index (χ0n) is 15.7. The van der Waals surface area contributed by atoms with E-state index in [1.165, 1.54) is 5.69 Å². The monoisotopic (exact) mass is 370 g/mol. The third-order valence-electron chi connectivity index (χ3n) is 4.56. The minimum Gasteiger partial charge on any atom is -0.494 e. The molecule has 1 unspecified atom stereocenters. The Bertz CT molecular complexity index is 740. The van der Waals surface area contributed by atoms with Crippen LogP contribution in [0.4, 0.5) is 5.69 Å². The summed E-state index contributed by atoms with van der Waals surface area (Å²) in [5, 5.41) is 11.5. The van der Waals surface area contributed by atoms with E-state index < -0.39 is 6.61 Å². The Morgan fingerprint density at radius 3 is 2.37 bits per heavy atom. The SMILES string of the molecule is CCOc1ccc(N2CC(Oc3ccc(C(C)NC(=O)CO)cc3)C2)cc1. The Balaban J connectivity index is 1.47. The van der Waals surface area contributed by atoms with E-state index >= 15 is 0 Å². The molecular formula is C21H26N2O4. The van der Waals surface area contributed by atoms with Crippen LogP contribution in [0.5, 0.6) is 11.5 Å². The minimum absolute atomic E-state index is 0.155. The molecule has 1 fully saturated rings. The molecule has 3 rings (SSSR count). The number of carbonyl (C=O) groups excluding carboxylic acids is 1. The number of anilines is 1. The predicted molar refractivity (Wildman–Crippen MR) is 104 cm³/mol. The maximum absolute atomic E-state index is 11.3. The van der Waals surface area contributed by atoms with Crippen molar-refractivity contribution in [3.8, 4) is 11.5 Å². The maximum atomic E-state index is 11.3. The first-order valence-electron chi connectivity index (χ1n) is 9.23. The highest BCUT2D eigenvalue weighted by Gasteiger charge is 2.28. The Hall–Kier alpha value is -2.73. The van der Waals surface area contributed by atoms with Gasteiger partial charge in [0, 0.05) is 5.69 Å². The van der Waals surface area contributed by atoms with Crippen LogP contribution in [0.25, 0.3) is 0 Å². The van der Waals surface area contributed by atoms with Gasteiger partial charge in [0.1, 0.15) is 24.2 Å². The minimum atomic E-state index is -0.502. The Kier molecular flexibility index (Phi) is 6.19. The predicted octanol–water partition coefficient (Wildman–Crippen LogP) is 2.52. The Labute approximate surface area is 159 Å². The summed E-state index contributed by atoms with van der Waals surface area (Å²) < 4.78 is 11.5. The van der Waals surface area contributed by atoms with Crippen molar-refractivity contribution in [1.29, 1.82) is 0 Å². The van der Waals surface area contributed by atoms with Crippen LogP contribution in [-0.2, 0) is 4.79 Å². The summed E-state index contributed by atoms with van der Waals surface area (Å²) in [6.45, 7) is 5.72. The number of amides is 1. The first-order chi connectivity index (χ1) is 13.1. The van der Waals surface area contributed by atoms with Gasteiger partial charge in [-0.2, -0.15) is 0 Å². The lowest BCUT2D eigenvalue weighted by molar-refractivity contribution is -0.124. The molecule has 0 aromatic heterocycles. The van der Waals surface area contributed by atoms with Crippen molar-refractivity contribution < 1.29 is 19.4 Å². The van der Waals surface area contributed by atoms with E-state index in [0.717, 1.165) is 30.2 Å². The molecular weight excluding hydrogens is 344 g/mol. The van der Waals surface area contributed by atoms with Crippen molar-refractivity contribution >= 4 is 11.6 Å². The maximum Gasteiger partial charge on any atom is 0.246 e. The van der Waals surface area contributed by atoms with Gasteiger partial charge in [-0.25, -0.2) is 0 Å². The second-order valence-electron chi connectivity index (χ2n) is 6.59. The van der Waals surface area contributed by atoms with Gasteiger partial charge in [-0.05, 0) is 55.8 Å². The molecule has 144 valence electrons. The van der Waals surface area contributed by atoms with Gasteiger partial charge in [0.05, 0.1) is 25.7 Å². The highest BCUT2D eigenvalue weighted by atomic mass is 16.5. The molecule has 2 N–H and O–H groups in total. The van der Waals surface area contributed by atoms with Crippen LogP contribution in [-0.4, -0.2) is 43.4 Å². The fraction of sp³-hybridized carbons (Fsp3) is 0.381. The normalized spacial score (nSPS) is 15.0. The van der Waals surface area contributed by atoms with Crippen LogP contribution in [0.1, 0.15) is 25.5 Å². The summed E-state index contributed by atoms with van der Waals surface area (Å²) in [4.78, 5) is 13.5. The molecule has 0 radical (unpaired) electrons. The van der Waals surface area contributed by atoms with Gasteiger partial charge in [0.2, 0.25) is 5.91 Å². The van der Waals surface area contributed by atoms with Gasteiger partial charge in [-0.15, -0.1) is 0 Å². The lowest BCUT2D eigenvalue weighted by atomic mass is 10.1. The first kappa shape index (κ1) is 19.0. The molecule has 6 nitrogen and oxygen atoms in total. The molecule has 6 heteroatoms. The fourth-order valence-electron chi connectivity index (χ4n) is 3.04. The van der Waals surface area contributed by atoms with Crippen LogP contribution < -0.4 is 19.7 Å². The van der Waals surface area contributed by atoms with Crippen molar-refractivity contribution in [3.63, 3.8) is 0 Å². The summed E-state index contributed by atoms with van der Waals surface area (Å²) in [5.41, 5.74) is 2.14. The summed E-state index contributed by atoms with van der Waals surface area (Å²) in [5.74, 6) is 1.32. The number of aliphatic hydroxyl groups excluding tert-OH is 1. The number of nitrogens with one attached hydrogen (secondary N) is 1. The van der Waals surface area contributed by atoms with E-state index in [2.05, 4.69) is 22.3 Å². The molecule has 1 heterocycles. The van der Waals surface area contributed by atoms with Crippen LogP contribution in [0.3, 0.4) is 0 Å². The molecule has 27 heavy (non-hydrogen) atoms. The van der Waals surface area contributed by atoms with E-state index in [-0.39, 0.29) is 18.1 Å². The van der Waals surface area contributed by atoms with E-state index in [1.54, 1.807) is 0 Å². The van der Waals surface area contributed by atoms with Crippen LogP contribution in [0.15, 0.2) is 48.5 Å². The van der Waals surface area contributed by atoms with E-state index in [4.69, 9.17) is 14.6 Å². The largest absolute Gasteiger partial charge is 0.494 e. The lowest BCUT2D eigenvalue weighted by Gasteiger charge is -2.40. The van der Waals surface area contributed by atoms with Crippen molar-refractivity contribution in [2.45, 2.75) is 26.0 Å². The van der Waals surface area contributed by atoms with Crippen LogP contribution in [0, 0.1) is 0 Å². The standard InChI is InChI=1S/C21H26N2O4/c1-3-26-18-10-6-17(7-11-18)23-12-20(13-23)27-19-8-4-16(5-9-19)15(2)22-21(25)14-24/h4-11,15,20,24H,3,12-14H2,1-2H3,(H,22,25). The molecule has 0 bridgehead atoms. The number of rotatable bonds is 8. The van der Waals surface area contributed by atoms with Gasteiger partial charge in [-0.3, -0.25) is 4.79 Å². The van der Waals surface area contributed by atoms with E-state index in [1.807, 2.05) is 50.2 Å². The summed E-state index contributed by atoms with van der Waals surface area (Å²) in [6, 6.07) is 15.6. The van der Waals surface area contributed by atoms with Gasteiger partial charge in [0.15, 0.2) is 0 Å². The van der Waals surface area contributed by atoms with Gasteiger partial charge in [-0.1, -0.05) is 12.1 Å². The zero-order valence-corrected chi connectivity index (χ0v) is 15.7. The quantitative estimate of drug-likeness (QED) is 0.747. The highest BCUT2D eigenvalue weighted by Crippen LogP contribution is 2.26. The molecule has 1 amide bonds.